The summed E-state index contributed by atoms with van der Waals surface area (Å²) in [6, 6.07) is 6.33. The molecule has 1 aromatic heterocycles. The van der Waals surface area contributed by atoms with E-state index in [1.54, 1.807) is 29.8 Å². The molecule has 2 aromatic rings. The number of thiazole rings is 1. The highest BCUT2D eigenvalue weighted by Gasteiger charge is 2.08. The van der Waals surface area contributed by atoms with Crippen LogP contribution >= 0.6 is 11.3 Å². The van der Waals surface area contributed by atoms with Crippen LogP contribution in [0.1, 0.15) is 10.6 Å². The van der Waals surface area contributed by atoms with Crippen LogP contribution in [0, 0.1) is 5.82 Å². The molecule has 2 rings (SSSR count). The zero-order valence-corrected chi connectivity index (χ0v) is 11.8. The number of primary amides is 1. The van der Waals surface area contributed by atoms with Crippen molar-refractivity contribution in [3.05, 3.63) is 64.0 Å². The van der Waals surface area contributed by atoms with Crippen LogP contribution in [-0.2, 0) is 11.3 Å². The van der Waals surface area contributed by atoms with Crippen LogP contribution in [0.3, 0.4) is 0 Å². The average molecular weight is 304 g/mol. The van der Waals surface area contributed by atoms with Gasteiger partial charge in [0.1, 0.15) is 10.8 Å². The van der Waals surface area contributed by atoms with Crippen molar-refractivity contribution in [2.45, 2.75) is 6.54 Å². The van der Waals surface area contributed by atoms with E-state index in [0.717, 1.165) is 0 Å². The van der Waals surface area contributed by atoms with Gasteiger partial charge in [0.25, 0.3) is 5.91 Å². The van der Waals surface area contributed by atoms with Crippen molar-refractivity contribution in [1.82, 2.24) is 4.98 Å². The molecule has 0 atom stereocenters. The Morgan fingerprint density at radius 1 is 1.38 bits per heavy atom. The molecule has 0 unspecified atom stereocenters. The van der Waals surface area contributed by atoms with Gasteiger partial charge in [-0.15, -0.1) is 11.3 Å². The monoisotopic (exact) mass is 304 g/mol. The van der Waals surface area contributed by atoms with E-state index < -0.39 is 5.91 Å². The van der Waals surface area contributed by atoms with Crippen molar-refractivity contribution < 1.29 is 9.18 Å². The molecule has 0 saturated heterocycles. The quantitative estimate of drug-likeness (QED) is 0.649. The predicted octanol–water partition coefficient (Wildman–Crippen LogP) is 1.60. The first-order valence-electron chi connectivity index (χ1n) is 6.02. The molecule has 1 aromatic carbocycles. The van der Waals surface area contributed by atoms with Gasteiger partial charge in [0.05, 0.1) is 18.0 Å². The molecule has 1 amide bonds. The Balaban J connectivity index is 2.32. The van der Waals surface area contributed by atoms with Gasteiger partial charge in [0.2, 0.25) is 0 Å². The number of hydrogen-bond donors (Lipinski definition) is 2. The minimum atomic E-state index is -0.745. The molecule has 4 N–H and O–H groups in total. The number of aromatic nitrogens is 1. The fourth-order valence-electron chi connectivity index (χ4n) is 1.54. The van der Waals surface area contributed by atoms with E-state index >= 15 is 0 Å². The van der Waals surface area contributed by atoms with Crippen molar-refractivity contribution in [3.63, 3.8) is 0 Å². The summed E-state index contributed by atoms with van der Waals surface area (Å²) >= 11 is 1.34. The predicted molar refractivity (Wildman–Crippen MR) is 80.2 cm³/mol. The largest absolute Gasteiger partial charge is 0.394 e. The topological polar surface area (TPSA) is 94.4 Å². The Morgan fingerprint density at radius 3 is 2.76 bits per heavy atom. The van der Waals surface area contributed by atoms with E-state index in [2.05, 4.69) is 9.98 Å². The Hall–Kier alpha value is -2.54. The third-order valence-electron chi connectivity index (χ3n) is 2.61. The van der Waals surface area contributed by atoms with Gasteiger partial charge in [-0.2, -0.15) is 0 Å². The second kappa shape index (κ2) is 6.76. The first kappa shape index (κ1) is 14.9. The number of allylic oxidation sites excluding steroid dienone is 1. The first-order chi connectivity index (χ1) is 10.1. The zero-order chi connectivity index (χ0) is 15.2. The van der Waals surface area contributed by atoms with Crippen LogP contribution in [0.25, 0.3) is 0 Å². The van der Waals surface area contributed by atoms with Gasteiger partial charge in [0, 0.05) is 17.1 Å². The van der Waals surface area contributed by atoms with E-state index in [1.165, 1.54) is 23.5 Å². The number of nitrogens with two attached hydrogens (primary N) is 2. The molecule has 108 valence electrons. The fraction of sp³-hybridized carbons (Fsp3) is 0.0714. The second-order valence-electron chi connectivity index (χ2n) is 4.09. The summed E-state index contributed by atoms with van der Waals surface area (Å²) in [4.78, 5) is 19.4. The molecule has 5 nitrogen and oxygen atoms in total. The molecule has 0 saturated carbocycles. The van der Waals surface area contributed by atoms with Crippen LogP contribution in [0.4, 0.5) is 4.39 Å². The van der Waals surface area contributed by atoms with Crippen LogP contribution < -0.4 is 11.5 Å². The number of nitrogens with zero attached hydrogens (tertiary/aromatic N) is 2. The van der Waals surface area contributed by atoms with Crippen molar-refractivity contribution in [2.75, 3.05) is 0 Å². The number of hydrogen-bond acceptors (Lipinski definition) is 5. The summed E-state index contributed by atoms with van der Waals surface area (Å²) in [6.45, 7) is 0.115. The summed E-state index contributed by atoms with van der Waals surface area (Å²) in [6.07, 6.45) is 2.95. The van der Waals surface area contributed by atoms with Crippen LogP contribution in [0.5, 0.6) is 0 Å². The molecule has 21 heavy (non-hydrogen) atoms. The van der Waals surface area contributed by atoms with Gasteiger partial charge < -0.3 is 11.5 Å². The summed E-state index contributed by atoms with van der Waals surface area (Å²) in [7, 11) is 0. The number of rotatable bonds is 5. The van der Waals surface area contributed by atoms with Gasteiger partial charge >= 0.3 is 0 Å². The van der Waals surface area contributed by atoms with E-state index in [4.69, 9.17) is 11.5 Å². The highest BCUT2D eigenvalue weighted by molar-refractivity contribution is 7.11. The molecule has 0 fully saturated rings. The van der Waals surface area contributed by atoms with E-state index in [9.17, 15) is 9.18 Å². The zero-order valence-electron chi connectivity index (χ0n) is 11.0. The Kier molecular flexibility index (Phi) is 4.78. The van der Waals surface area contributed by atoms with Crippen LogP contribution in [0.15, 0.2) is 52.6 Å². The molecule has 0 radical (unpaired) electrons. The third kappa shape index (κ3) is 3.96. The SMILES string of the molecule is NC(=O)/C(N)=C/C(=NCc1ccccc1F)c1nccs1. The van der Waals surface area contributed by atoms with Gasteiger partial charge in [-0.25, -0.2) is 9.37 Å². The lowest BCUT2D eigenvalue weighted by Gasteiger charge is -2.02. The maximum absolute atomic E-state index is 13.6. The van der Waals surface area contributed by atoms with Crippen molar-refractivity contribution >= 4 is 23.0 Å². The van der Waals surface area contributed by atoms with Gasteiger partial charge in [-0.3, -0.25) is 9.79 Å². The maximum atomic E-state index is 13.6. The number of halogens is 1. The lowest BCUT2D eigenvalue weighted by Crippen LogP contribution is -2.21. The molecular formula is C14H13FN4OS. The lowest BCUT2D eigenvalue weighted by atomic mass is 10.2. The lowest BCUT2D eigenvalue weighted by molar-refractivity contribution is -0.114. The molecule has 0 aliphatic heterocycles. The fourth-order valence-corrected chi connectivity index (χ4v) is 2.16. The number of amides is 1. The molecule has 0 aliphatic rings. The first-order valence-corrected chi connectivity index (χ1v) is 6.90. The number of aliphatic imine (C=N–C) groups is 1. The Bertz CT molecular complexity index is 695. The highest BCUT2D eigenvalue weighted by atomic mass is 32.1. The Labute approximate surface area is 124 Å². The summed E-state index contributed by atoms with van der Waals surface area (Å²) < 4.78 is 13.6. The summed E-state index contributed by atoms with van der Waals surface area (Å²) in [5, 5.41) is 2.35. The van der Waals surface area contributed by atoms with Gasteiger partial charge in [0.15, 0.2) is 0 Å². The number of carbonyl (C=O) groups is 1. The maximum Gasteiger partial charge on any atom is 0.264 e. The van der Waals surface area contributed by atoms with Crippen LogP contribution in [-0.4, -0.2) is 16.6 Å². The molecular weight excluding hydrogens is 291 g/mol. The van der Waals surface area contributed by atoms with Crippen molar-refractivity contribution in [3.8, 4) is 0 Å². The summed E-state index contributed by atoms with van der Waals surface area (Å²) in [5.74, 6) is -1.09. The molecule has 7 heteroatoms. The number of benzene rings is 1. The van der Waals surface area contributed by atoms with E-state index in [1.807, 2.05) is 0 Å². The third-order valence-corrected chi connectivity index (χ3v) is 3.40. The second-order valence-corrected chi connectivity index (χ2v) is 4.99. The van der Waals surface area contributed by atoms with Crippen molar-refractivity contribution in [2.24, 2.45) is 16.5 Å². The minimum absolute atomic E-state index is 0.115. The average Bonchev–Trinajstić information content (AvgIpc) is 2.98. The Morgan fingerprint density at radius 2 is 2.14 bits per heavy atom. The standard InChI is InChI=1S/C14H13FN4OS/c15-10-4-2-1-3-9(10)8-19-12(7-11(16)13(17)20)14-18-5-6-21-14/h1-7H,8,16H2,(H2,17,20)/b11-7-,19-12?. The number of carbonyl (C=O) groups excluding carboxylic acids is 1. The normalized spacial score (nSPS) is 12.4. The molecule has 0 bridgehead atoms. The van der Waals surface area contributed by atoms with Gasteiger partial charge in [-0.1, -0.05) is 18.2 Å². The molecule has 0 aliphatic carbocycles. The van der Waals surface area contributed by atoms with Crippen molar-refractivity contribution in [1.29, 1.82) is 0 Å². The highest BCUT2D eigenvalue weighted by Crippen LogP contribution is 2.12. The molecule has 0 spiro atoms. The van der Waals surface area contributed by atoms with Crippen LogP contribution in [0.2, 0.25) is 0 Å². The van der Waals surface area contributed by atoms with Gasteiger partial charge in [-0.05, 0) is 12.1 Å². The molecule has 1 heterocycles. The van der Waals surface area contributed by atoms with E-state index in [-0.39, 0.29) is 18.1 Å². The van der Waals surface area contributed by atoms with E-state index in [0.29, 0.717) is 16.3 Å². The minimum Gasteiger partial charge on any atom is -0.394 e. The smallest absolute Gasteiger partial charge is 0.264 e. The summed E-state index contributed by atoms with van der Waals surface area (Å²) in [5.41, 5.74) is 11.3.